The van der Waals surface area contributed by atoms with Gasteiger partial charge in [-0.2, -0.15) is 0 Å². The third-order valence-corrected chi connectivity index (χ3v) is 6.61. The molecule has 0 bridgehead atoms. The largest absolute Gasteiger partial charge is 0.484 e. The van der Waals surface area contributed by atoms with Gasteiger partial charge in [-0.25, -0.2) is 4.39 Å². The van der Waals surface area contributed by atoms with Crippen molar-refractivity contribution in [2.24, 2.45) is 5.92 Å². The highest BCUT2D eigenvalue weighted by molar-refractivity contribution is 7.17. The van der Waals surface area contributed by atoms with Crippen molar-refractivity contribution in [3.05, 3.63) is 66.0 Å². The molecule has 1 fully saturated rings. The van der Waals surface area contributed by atoms with Crippen molar-refractivity contribution in [3.63, 3.8) is 0 Å². The maximum absolute atomic E-state index is 14.8. The summed E-state index contributed by atoms with van der Waals surface area (Å²) in [5.74, 6) is 0.504. The third kappa shape index (κ3) is 4.47. The van der Waals surface area contributed by atoms with Gasteiger partial charge in [-0.05, 0) is 66.1 Å². The summed E-state index contributed by atoms with van der Waals surface area (Å²) in [7, 11) is 0. The van der Waals surface area contributed by atoms with Crippen LogP contribution in [0.1, 0.15) is 44.6 Å². The summed E-state index contributed by atoms with van der Waals surface area (Å²) in [4.78, 5) is 0.920. The second kappa shape index (κ2) is 8.91. The number of aryl methyl sites for hydroxylation is 1. The molecule has 3 heteroatoms. The molecule has 28 heavy (non-hydrogen) atoms. The van der Waals surface area contributed by atoms with Gasteiger partial charge in [0.25, 0.3) is 0 Å². The van der Waals surface area contributed by atoms with Gasteiger partial charge in [0.05, 0.1) is 6.61 Å². The Hall–Kier alpha value is -2.13. The van der Waals surface area contributed by atoms with Gasteiger partial charge >= 0.3 is 0 Å². The number of hydrogen-bond donors (Lipinski definition) is 0. The fourth-order valence-corrected chi connectivity index (χ4v) is 4.86. The van der Waals surface area contributed by atoms with Crippen LogP contribution in [0.15, 0.2) is 54.6 Å². The average Bonchev–Trinajstić information content (AvgIpc) is 3.39. The lowest BCUT2D eigenvalue weighted by Gasteiger charge is -2.09. The van der Waals surface area contributed by atoms with Gasteiger partial charge in [0.2, 0.25) is 0 Å². The van der Waals surface area contributed by atoms with E-state index in [2.05, 4.69) is 31.2 Å². The zero-order valence-electron chi connectivity index (χ0n) is 16.4. The Morgan fingerprint density at radius 2 is 1.71 bits per heavy atom. The lowest BCUT2D eigenvalue weighted by Crippen LogP contribution is -2.06. The van der Waals surface area contributed by atoms with E-state index >= 15 is 0 Å². The van der Waals surface area contributed by atoms with Crippen LogP contribution in [0.25, 0.3) is 21.6 Å². The third-order valence-electron chi connectivity index (χ3n) is 5.58. The molecular weight excluding hydrogens is 367 g/mol. The lowest BCUT2D eigenvalue weighted by atomic mass is 10.0. The van der Waals surface area contributed by atoms with Crippen LogP contribution < -0.4 is 4.74 Å². The van der Waals surface area contributed by atoms with Gasteiger partial charge in [-0.1, -0.05) is 67.9 Å². The Labute approximate surface area is 171 Å². The molecule has 1 aliphatic rings. The number of halogens is 1. The van der Waals surface area contributed by atoms with Gasteiger partial charge in [-0.15, -0.1) is 0 Å². The van der Waals surface area contributed by atoms with E-state index in [0.29, 0.717) is 11.5 Å². The smallest absolute Gasteiger partial charge is 0.174 e. The Morgan fingerprint density at radius 3 is 2.43 bits per heavy atom. The minimum atomic E-state index is -0.181. The van der Waals surface area contributed by atoms with Crippen LogP contribution in [0.3, 0.4) is 0 Å². The molecule has 0 amide bonds. The highest BCUT2D eigenvalue weighted by Gasteiger charge is 2.16. The molecule has 1 aromatic heterocycles. The highest BCUT2D eigenvalue weighted by atomic mass is 32.1. The first-order valence-corrected chi connectivity index (χ1v) is 11.2. The number of ether oxygens (including phenoxy) is 1. The monoisotopic (exact) mass is 394 g/mol. The van der Waals surface area contributed by atoms with Crippen LogP contribution in [-0.4, -0.2) is 6.61 Å². The van der Waals surface area contributed by atoms with E-state index in [9.17, 15) is 4.39 Å². The van der Waals surface area contributed by atoms with E-state index in [0.717, 1.165) is 40.5 Å². The molecule has 0 saturated heterocycles. The molecule has 146 valence electrons. The minimum absolute atomic E-state index is 0.181. The van der Waals surface area contributed by atoms with Crippen LogP contribution in [0.4, 0.5) is 4.39 Å². The van der Waals surface area contributed by atoms with E-state index in [4.69, 9.17) is 4.74 Å². The van der Waals surface area contributed by atoms with Crippen LogP contribution in [0, 0.1) is 11.7 Å². The molecule has 0 unspecified atom stereocenters. The topological polar surface area (TPSA) is 9.23 Å². The standard InChI is InChI=1S/C25H27FOS/c1-2-5-18-8-10-20(11-9-18)21-12-13-22(23(26)16-21)24-14-15-25(28-24)27-17-19-6-3-4-7-19/h8-16,19H,2-7,17H2,1H3. The minimum Gasteiger partial charge on any atom is -0.484 e. The SMILES string of the molecule is CCCc1ccc(-c2ccc(-c3ccc(OCC4CCCC4)s3)c(F)c2)cc1. The van der Waals surface area contributed by atoms with E-state index in [1.807, 2.05) is 24.3 Å². The van der Waals surface area contributed by atoms with E-state index in [1.165, 1.54) is 42.6 Å². The first-order chi connectivity index (χ1) is 13.7. The van der Waals surface area contributed by atoms with Crippen molar-refractivity contribution in [1.82, 2.24) is 0 Å². The molecule has 3 aromatic rings. The fourth-order valence-electron chi connectivity index (χ4n) is 3.97. The van der Waals surface area contributed by atoms with Crippen LogP contribution in [0.5, 0.6) is 5.06 Å². The number of rotatable bonds is 7. The molecule has 0 spiro atoms. The number of benzene rings is 2. The maximum atomic E-state index is 14.8. The van der Waals surface area contributed by atoms with E-state index < -0.39 is 0 Å². The van der Waals surface area contributed by atoms with E-state index in [1.54, 1.807) is 6.07 Å². The molecule has 0 radical (unpaired) electrons. The summed E-state index contributed by atoms with van der Waals surface area (Å²) in [6.07, 6.45) is 7.40. The first kappa shape index (κ1) is 19.2. The van der Waals surface area contributed by atoms with Crippen molar-refractivity contribution in [1.29, 1.82) is 0 Å². The van der Waals surface area contributed by atoms with Gasteiger partial charge in [0, 0.05) is 10.4 Å². The number of thiophene rings is 1. The second-order valence-corrected chi connectivity index (χ2v) is 8.77. The van der Waals surface area contributed by atoms with Crippen LogP contribution in [0.2, 0.25) is 0 Å². The molecule has 1 aliphatic carbocycles. The summed E-state index contributed by atoms with van der Waals surface area (Å²) in [6.45, 7) is 2.97. The van der Waals surface area contributed by atoms with Crippen molar-refractivity contribution >= 4 is 11.3 Å². The summed E-state index contributed by atoms with van der Waals surface area (Å²) in [5.41, 5.74) is 3.94. The zero-order chi connectivity index (χ0) is 19.3. The molecule has 1 saturated carbocycles. The number of hydrogen-bond acceptors (Lipinski definition) is 2. The maximum Gasteiger partial charge on any atom is 0.174 e. The average molecular weight is 395 g/mol. The summed E-state index contributed by atoms with van der Waals surface area (Å²) >= 11 is 1.53. The molecule has 1 heterocycles. The molecule has 2 aromatic carbocycles. The van der Waals surface area contributed by atoms with Crippen molar-refractivity contribution in [2.75, 3.05) is 6.61 Å². The predicted molar refractivity (Wildman–Crippen MR) is 117 cm³/mol. The van der Waals surface area contributed by atoms with Gasteiger partial charge in [-0.3, -0.25) is 0 Å². The Bertz CT molecular complexity index is 907. The van der Waals surface area contributed by atoms with Crippen LogP contribution >= 0.6 is 11.3 Å². The molecule has 4 rings (SSSR count). The lowest BCUT2D eigenvalue weighted by molar-refractivity contribution is 0.259. The molecule has 0 aliphatic heterocycles. The normalized spacial score (nSPS) is 14.5. The Morgan fingerprint density at radius 1 is 0.964 bits per heavy atom. The van der Waals surface area contributed by atoms with Crippen molar-refractivity contribution in [3.8, 4) is 26.6 Å². The summed E-state index contributed by atoms with van der Waals surface area (Å²) in [6, 6.07) is 17.9. The van der Waals surface area contributed by atoms with Gasteiger partial charge < -0.3 is 4.74 Å². The quantitative estimate of drug-likeness (QED) is 0.398. The zero-order valence-corrected chi connectivity index (χ0v) is 17.2. The predicted octanol–water partition coefficient (Wildman–Crippen LogP) is 7.74. The van der Waals surface area contributed by atoms with Crippen molar-refractivity contribution < 1.29 is 9.13 Å². The second-order valence-electron chi connectivity index (χ2n) is 7.72. The highest BCUT2D eigenvalue weighted by Crippen LogP contribution is 2.36. The van der Waals surface area contributed by atoms with E-state index in [-0.39, 0.29) is 5.82 Å². The fraction of sp³-hybridized carbons (Fsp3) is 0.360. The first-order valence-electron chi connectivity index (χ1n) is 10.3. The Balaban J connectivity index is 1.47. The Kier molecular flexibility index (Phi) is 6.11. The summed E-state index contributed by atoms with van der Waals surface area (Å²) < 4.78 is 20.8. The van der Waals surface area contributed by atoms with Crippen molar-refractivity contribution in [2.45, 2.75) is 45.4 Å². The summed E-state index contributed by atoms with van der Waals surface area (Å²) in [5, 5.41) is 0.886. The van der Waals surface area contributed by atoms with Gasteiger partial charge in [0.1, 0.15) is 5.82 Å². The molecule has 0 atom stereocenters. The van der Waals surface area contributed by atoms with Crippen LogP contribution in [-0.2, 0) is 6.42 Å². The van der Waals surface area contributed by atoms with Gasteiger partial charge in [0.15, 0.2) is 5.06 Å². The molecule has 0 N–H and O–H groups in total. The molecule has 1 nitrogen and oxygen atoms in total. The molecular formula is C25H27FOS.